The summed E-state index contributed by atoms with van der Waals surface area (Å²) in [5, 5.41) is 0.747. The van der Waals surface area contributed by atoms with Crippen molar-refractivity contribution in [2.24, 2.45) is 0 Å². The Morgan fingerprint density at radius 1 is 1.04 bits per heavy atom. The van der Waals surface area contributed by atoms with E-state index in [1.54, 1.807) is 0 Å². The smallest absolute Gasteiger partial charge is 0.368 e. The quantitative estimate of drug-likeness (QED) is 0.411. The monoisotopic (exact) mass is 379 g/mol. The molecule has 4 aromatic rings. The number of rotatable bonds is 4. The van der Waals surface area contributed by atoms with Crippen LogP contribution in [-0.2, 0) is 6.54 Å². The number of nitrogens with one attached hydrogen (secondary N) is 1. The Hall–Kier alpha value is -1.68. The van der Waals surface area contributed by atoms with Crippen LogP contribution in [0.3, 0.4) is 0 Å². The highest BCUT2D eigenvalue weighted by Crippen LogP contribution is 2.24. The maximum atomic E-state index is 6.02. The Morgan fingerprint density at radius 3 is 2.54 bits per heavy atom. The minimum atomic E-state index is 0. The van der Waals surface area contributed by atoms with Crippen LogP contribution in [0.25, 0.3) is 28.1 Å². The van der Waals surface area contributed by atoms with Crippen LogP contribution in [0.1, 0.15) is 6.42 Å². The first kappa shape index (κ1) is 17.2. The standard InChI is InChI=1S/C18H15Cl2N3.ClH/c19-10-3-11-22-17(13-6-8-14(20)9-7-13)12-23-16-5-2-1-4-15(16)21-18(22)23;/h1-2,4-9,12H,3,10-11H2;1H. The van der Waals surface area contributed by atoms with Gasteiger partial charge in [0.25, 0.3) is 0 Å². The molecule has 24 heavy (non-hydrogen) atoms. The molecule has 0 radical (unpaired) electrons. The Labute approximate surface area is 156 Å². The second kappa shape index (κ2) is 7.06. The Balaban J connectivity index is 0.00000169. The molecule has 0 amide bonds. The van der Waals surface area contributed by atoms with Gasteiger partial charge in [-0.3, -0.25) is 0 Å². The van der Waals surface area contributed by atoms with Gasteiger partial charge < -0.3 is 12.4 Å². The van der Waals surface area contributed by atoms with Gasteiger partial charge in [0, 0.05) is 16.5 Å². The van der Waals surface area contributed by atoms with E-state index in [9.17, 15) is 0 Å². The van der Waals surface area contributed by atoms with Crippen molar-refractivity contribution in [2.75, 3.05) is 5.88 Å². The lowest BCUT2D eigenvalue weighted by atomic mass is 10.1. The third-order valence-corrected chi connectivity index (χ3v) is 4.61. The number of aryl methyl sites for hydroxylation is 1. The van der Waals surface area contributed by atoms with Crippen LogP contribution in [0.2, 0.25) is 5.02 Å². The molecule has 0 saturated heterocycles. The first-order chi connectivity index (χ1) is 11.3. The highest BCUT2D eigenvalue weighted by molar-refractivity contribution is 6.30. The van der Waals surface area contributed by atoms with Crippen LogP contribution in [-0.4, -0.2) is 15.4 Å². The molecule has 2 heterocycles. The van der Waals surface area contributed by atoms with Crippen LogP contribution >= 0.6 is 23.2 Å². The number of nitrogens with zero attached hydrogens (tertiary/aromatic N) is 2. The minimum absolute atomic E-state index is 0. The van der Waals surface area contributed by atoms with Crippen molar-refractivity contribution in [2.45, 2.75) is 13.0 Å². The van der Waals surface area contributed by atoms with Crippen molar-refractivity contribution in [3.63, 3.8) is 0 Å². The van der Waals surface area contributed by atoms with Gasteiger partial charge in [0.1, 0.15) is 22.9 Å². The lowest BCUT2D eigenvalue weighted by molar-refractivity contribution is -0.479. The number of hydrogen-bond acceptors (Lipinski definition) is 0. The van der Waals surface area contributed by atoms with Gasteiger partial charge in [0.15, 0.2) is 0 Å². The van der Waals surface area contributed by atoms with Crippen molar-refractivity contribution < 1.29 is 16.8 Å². The molecule has 0 aliphatic rings. The number of aromatic amines is 1. The molecule has 4 rings (SSSR count). The summed E-state index contributed by atoms with van der Waals surface area (Å²) in [5.41, 5.74) is 4.60. The molecule has 0 aliphatic carbocycles. The first-order valence-electron chi connectivity index (χ1n) is 7.61. The van der Waals surface area contributed by atoms with E-state index in [0.29, 0.717) is 5.88 Å². The van der Waals surface area contributed by atoms with Crippen LogP contribution in [0, 0.1) is 0 Å². The molecule has 0 saturated carbocycles. The molecule has 0 bridgehead atoms. The van der Waals surface area contributed by atoms with Crippen molar-refractivity contribution >= 4 is 40.0 Å². The molecular weight excluding hydrogens is 365 g/mol. The lowest BCUT2D eigenvalue weighted by Gasteiger charge is -2.03. The lowest BCUT2D eigenvalue weighted by Crippen LogP contribution is -3.00. The number of para-hydroxylation sites is 2. The highest BCUT2D eigenvalue weighted by Gasteiger charge is 2.21. The highest BCUT2D eigenvalue weighted by atomic mass is 35.5. The summed E-state index contributed by atoms with van der Waals surface area (Å²) in [6, 6.07) is 16.3. The molecule has 0 fully saturated rings. The normalized spacial score (nSPS) is 11.1. The zero-order chi connectivity index (χ0) is 15.8. The Kier molecular flexibility index (Phi) is 5.04. The predicted molar refractivity (Wildman–Crippen MR) is 95.2 cm³/mol. The summed E-state index contributed by atoms with van der Waals surface area (Å²) >= 11 is 11.9. The van der Waals surface area contributed by atoms with Gasteiger partial charge in [-0.25, -0.2) is 9.55 Å². The van der Waals surface area contributed by atoms with E-state index in [4.69, 9.17) is 23.2 Å². The molecule has 2 aromatic carbocycles. The maximum absolute atomic E-state index is 6.02. The molecule has 0 aliphatic heterocycles. The molecule has 0 unspecified atom stereocenters. The summed E-state index contributed by atoms with van der Waals surface area (Å²) < 4.78 is 4.49. The zero-order valence-electron chi connectivity index (χ0n) is 12.8. The van der Waals surface area contributed by atoms with Crippen molar-refractivity contribution in [3.05, 3.63) is 59.8 Å². The van der Waals surface area contributed by atoms with E-state index >= 15 is 0 Å². The SMILES string of the molecule is ClCCCn1c(-c2ccc(Cl)cc2)c[n+]2c3ccccc3[nH]c12.[Cl-]. The van der Waals surface area contributed by atoms with Crippen LogP contribution in [0.5, 0.6) is 0 Å². The van der Waals surface area contributed by atoms with Crippen LogP contribution < -0.4 is 16.8 Å². The van der Waals surface area contributed by atoms with E-state index < -0.39 is 0 Å². The van der Waals surface area contributed by atoms with Crippen molar-refractivity contribution in [1.82, 2.24) is 9.55 Å². The van der Waals surface area contributed by atoms with Gasteiger partial charge in [-0.15, -0.1) is 11.6 Å². The van der Waals surface area contributed by atoms with Gasteiger partial charge in [0.2, 0.25) is 0 Å². The summed E-state index contributed by atoms with van der Waals surface area (Å²) in [4.78, 5) is 3.51. The van der Waals surface area contributed by atoms with Gasteiger partial charge in [-0.05, 0) is 42.8 Å². The molecule has 2 aromatic heterocycles. The average Bonchev–Trinajstić information content (AvgIpc) is 3.10. The summed E-state index contributed by atoms with van der Waals surface area (Å²) in [6.07, 6.45) is 3.09. The predicted octanol–water partition coefficient (Wildman–Crippen LogP) is 1.66. The third kappa shape index (κ3) is 2.88. The van der Waals surface area contributed by atoms with E-state index in [0.717, 1.165) is 40.5 Å². The summed E-state index contributed by atoms with van der Waals surface area (Å²) in [7, 11) is 0. The second-order valence-electron chi connectivity index (χ2n) is 5.55. The number of halogens is 3. The molecule has 0 spiro atoms. The van der Waals surface area contributed by atoms with Crippen LogP contribution in [0.4, 0.5) is 0 Å². The Morgan fingerprint density at radius 2 is 1.79 bits per heavy atom. The Bertz CT molecular complexity index is 970. The largest absolute Gasteiger partial charge is 1.00 e. The summed E-state index contributed by atoms with van der Waals surface area (Å²) in [5.74, 6) is 1.71. The number of aromatic nitrogens is 3. The van der Waals surface area contributed by atoms with Crippen molar-refractivity contribution in [1.29, 1.82) is 0 Å². The van der Waals surface area contributed by atoms with E-state index in [-0.39, 0.29) is 12.4 Å². The van der Waals surface area contributed by atoms with E-state index in [1.165, 1.54) is 5.52 Å². The molecule has 1 N–H and O–H groups in total. The fraction of sp³-hybridized carbons (Fsp3) is 0.167. The fourth-order valence-electron chi connectivity index (χ4n) is 3.01. The fourth-order valence-corrected chi connectivity index (χ4v) is 3.26. The maximum Gasteiger partial charge on any atom is 0.368 e. The number of benzene rings is 2. The number of hydrogen-bond donors (Lipinski definition) is 1. The first-order valence-corrected chi connectivity index (χ1v) is 8.52. The third-order valence-electron chi connectivity index (χ3n) is 4.09. The number of fused-ring (bicyclic) bond motifs is 3. The molecule has 6 heteroatoms. The van der Waals surface area contributed by atoms with Gasteiger partial charge in [0.05, 0.1) is 6.54 Å². The summed E-state index contributed by atoms with van der Waals surface area (Å²) in [6.45, 7) is 0.866. The number of alkyl halides is 1. The van der Waals surface area contributed by atoms with Crippen molar-refractivity contribution in [3.8, 4) is 11.3 Å². The van der Waals surface area contributed by atoms with E-state index in [2.05, 4.69) is 50.5 Å². The molecule has 3 nitrogen and oxygen atoms in total. The topological polar surface area (TPSA) is 24.8 Å². The minimum Gasteiger partial charge on any atom is -1.00 e. The van der Waals surface area contributed by atoms with Gasteiger partial charge in [-0.1, -0.05) is 23.7 Å². The number of imidazole rings is 2. The second-order valence-corrected chi connectivity index (χ2v) is 6.37. The molecular formula is C18H16Cl3N3. The average molecular weight is 381 g/mol. The van der Waals surface area contributed by atoms with E-state index in [1.807, 2.05) is 18.2 Å². The number of H-pyrrole nitrogens is 1. The van der Waals surface area contributed by atoms with Gasteiger partial charge >= 0.3 is 5.78 Å². The molecule has 124 valence electrons. The zero-order valence-corrected chi connectivity index (χ0v) is 15.1. The van der Waals surface area contributed by atoms with Gasteiger partial charge in [-0.2, -0.15) is 4.40 Å². The van der Waals surface area contributed by atoms with Crippen LogP contribution in [0.15, 0.2) is 54.7 Å². The molecule has 0 atom stereocenters.